The number of benzene rings is 6. The second-order valence-corrected chi connectivity index (χ2v) is 9.37. The maximum atomic E-state index is 2.40. The van der Waals surface area contributed by atoms with Gasteiger partial charge in [0.2, 0.25) is 0 Å². The standard InChI is InChI=1S/C31H22/c1-31(2)27-13-7-10-21-18-20-9-4-6-12-23(20)29(28(21)27)26-17-16-24-22-11-5-3-8-19(22)14-15-25(24)30(26)31/h3-18H,1-2H3. The van der Waals surface area contributed by atoms with Crippen LogP contribution in [0.5, 0.6) is 0 Å². The maximum absolute atomic E-state index is 2.40. The molecule has 0 aromatic heterocycles. The van der Waals surface area contributed by atoms with Gasteiger partial charge in [0.15, 0.2) is 0 Å². The summed E-state index contributed by atoms with van der Waals surface area (Å²) in [4.78, 5) is 0. The predicted octanol–water partition coefficient (Wildman–Crippen LogP) is 8.61. The van der Waals surface area contributed by atoms with Crippen LogP contribution in [0, 0.1) is 0 Å². The Morgan fingerprint density at radius 1 is 0.516 bits per heavy atom. The molecule has 0 saturated carbocycles. The van der Waals surface area contributed by atoms with Crippen LogP contribution in [0.15, 0.2) is 97.1 Å². The molecule has 31 heavy (non-hydrogen) atoms. The van der Waals surface area contributed by atoms with Gasteiger partial charge in [-0.05, 0) is 71.4 Å². The van der Waals surface area contributed by atoms with E-state index in [0.717, 1.165) is 0 Å². The third-order valence-electron chi connectivity index (χ3n) is 7.38. The highest BCUT2D eigenvalue weighted by Gasteiger charge is 2.35. The number of hydrogen-bond acceptors (Lipinski definition) is 0. The molecule has 6 aromatic rings. The van der Waals surface area contributed by atoms with Gasteiger partial charge in [0.25, 0.3) is 0 Å². The summed E-state index contributed by atoms with van der Waals surface area (Å²) in [5.41, 5.74) is 5.58. The first-order chi connectivity index (χ1) is 15.1. The van der Waals surface area contributed by atoms with Crippen molar-refractivity contribution in [2.75, 3.05) is 0 Å². The molecule has 0 amide bonds. The van der Waals surface area contributed by atoms with E-state index >= 15 is 0 Å². The van der Waals surface area contributed by atoms with Crippen molar-refractivity contribution < 1.29 is 0 Å². The fourth-order valence-corrected chi connectivity index (χ4v) is 6.03. The van der Waals surface area contributed by atoms with Crippen molar-refractivity contribution >= 4 is 43.1 Å². The first-order valence-corrected chi connectivity index (χ1v) is 11.0. The van der Waals surface area contributed by atoms with Crippen molar-refractivity contribution in [1.29, 1.82) is 0 Å². The summed E-state index contributed by atoms with van der Waals surface area (Å²) in [5, 5.41) is 10.8. The van der Waals surface area contributed by atoms with Gasteiger partial charge in [0, 0.05) is 5.41 Å². The second-order valence-electron chi connectivity index (χ2n) is 9.37. The second kappa shape index (κ2) is 5.74. The van der Waals surface area contributed by atoms with E-state index in [4.69, 9.17) is 0 Å². The number of fused-ring (bicyclic) bond motifs is 8. The summed E-state index contributed by atoms with van der Waals surface area (Å²) in [6, 6.07) is 36.1. The van der Waals surface area contributed by atoms with Crippen LogP contribution in [0.2, 0.25) is 0 Å². The fourth-order valence-electron chi connectivity index (χ4n) is 6.03. The van der Waals surface area contributed by atoms with E-state index in [0.29, 0.717) is 0 Å². The normalized spacial score (nSPS) is 14.4. The molecule has 7 rings (SSSR count). The van der Waals surface area contributed by atoms with E-state index in [1.165, 1.54) is 65.3 Å². The van der Waals surface area contributed by atoms with E-state index in [9.17, 15) is 0 Å². The smallest absolute Gasteiger partial charge is 0.0165 e. The van der Waals surface area contributed by atoms with Gasteiger partial charge in [-0.1, -0.05) is 105 Å². The average molecular weight is 395 g/mol. The third kappa shape index (κ3) is 2.10. The molecule has 0 nitrogen and oxygen atoms in total. The molecule has 1 aliphatic rings. The van der Waals surface area contributed by atoms with Crippen molar-refractivity contribution in [3.05, 3.63) is 108 Å². The largest absolute Gasteiger partial charge is 0.0616 e. The van der Waals surface area contributed by atoms with Gasteiger partial charge in [-0.25, -0.2) is 0 Å². The Kier molecular flexibility index (Phi) is 3.16. The van der Waals surface area contributed by atoms with Gasteiger partial charge >= 0.3 is 0 Å². The van der Waals surface area contributed by atoms with Gasteiger partial charge in [0.05, 0.1) is 0 Å². The van der Waals surface area contributed by atoms with E-state index in [1.54, 1.807) is 0 Å². The van der Waals surface area contributed by atoms with Crippen LogP contribution in [0.3, 0.4) is 0 Å². The topological polar surface area (TPSA) is 0 Å². The molecule has 0 N–H and O–H groups in total. The molecule has 0 heterocycles. The highest BCUT2D eigenvalue weighted by atomic mass is 14.4. The molecule has 0 radical (unpaired) electrons. The summed E-state index contributed by atoms with van der Waals surface area (Å²) in [6.07, 6.45) is 0. The fraction of sp³-hybridized carbons (Fsp3) is 0.0968. The molecule has 1 aliphatic carbocycles. The Morgan fingerprint density at radius 3 is 2.10 bits per heavy atom. The summed E-state index contributed by atoms with van der Waals surface area (Å²) in [7, 11) is 0. The number of rotatable bonds is 0. The lowest BCUT2D eigenvalue weighted by Gasteiger charge is -2.37. The van der Waals surface area contributed by atoms with Gasteiger partial charge in [-0.3, -0.25) is 0 Å². The summed E-state index contributed by atoms with van der Waals surface area (Å²) >= 11 is 0. The van der Waals surface area contributed by atoms with Crippen LogP contribution < -0.4 is 0 Å². The molecular formula is C31H22. The average Bonchev–Trinajstić information content (AvgIpc) is 2.80. The molecular weight excluding hydrogens is 372 g/mol. The molecule has 0 fully saturated rings. The third-order valence-corrected chi connectivity index (χ3v) is 7.38. The lowest BCUT2D eigenvalue weighted by atomic mass is 9.66. The molecule has 0 bridgehead atoms. The predicted molar refractivity (Wildman–Crippen MR) is 134 cm³/mol. The zero-order valence-electron chi connectivity index (χ0n) is 17.7. The highest BCUT2D eigenvalue weighted by Crippen LogP contribution is 2.53. The van der Waals surface area contributed by atoms with Gasteiger partial charge in [-0.2, -0.15) is 0 Å². The Hall–Kier alpha value is -3.64. The van der Waals surface area contributed by atoms with E-state index in [-0.39, 0.29) is 5.41 Å². The molecule has 0 heteroatoms. The van der Waals surface area contributed by atoms with Crippen LogP contribution in [-0.4, -0.2) is 0 Å². The van der Waals surface area contributed by atoms with Crippen molar-refractivity contribution in [3.63, 3.8) is 0 Å². The zero-order chi connectivity index (χ0) is 20.7. The van der Waals surface area contributed by atoms with Crippen LogP contribution in [0.4, 0.5) is 0 Å². The Bertz CT molecular complexity index is 1700. The Labute approximate surface area is 181 Å². The Morgan fingerprint density at radius 2 is 1.23 bits per heavy atom. The Balaban J connectivity index is 1.76. The van der Waals surface area contributed by atoms with Crippen molar-refractivity contribution in [2.45, 2.75) is 19.3 Å². The number of hydrogen-bond donors (Lipinski definition) is 0. The van der Waals surface area contributed by atoms with Crippen molar-refractivity contribution in [2.24, 2.45) is 0 Å². The van der Waals surface area contributed by atoms with Crippen molar-refractivity contribution in [3.8, 4) is 11.1 Å². The zero-order valence-corrected chi connectivity index (χ0v) is 17.7. The summed E-state index contributed by atoms with van der Waals surface area (Å²) in [6.45, 7) is 4.79. The van der Waals surface area contributed by atoms with E-state index in [2.05, 4.69) is 111 Å². The highest BCUT2D eigenvalue weighted by molar-refractivity contribution is 6.19. The minimum atomic E-state index is -0.0771. The van der Waals surface area contributed by atoms with Crippen LogP contribution >= 0.6 is 0 Å². The molecule has 0 unspecified atom stereocenters. The molecule has 146 valence electrons. The van der Waals surface area contributed by atoms with E-state index < -0.39 is 0 Å². The van der Waals surface area contributed by atoms with Crippen molar-refractivity contribution in [1.82, 2.24) is 0 Å². The van der Waals surface area contributed by atoms with Crippen LogP contribution in [0.25, 0.3) is 54.2 Å². The summed E-state index contributed by atoms with van der Waals surface area (Å²) < 4.78 is 0. The first kappa shape index (κ1) is 17.1. The van der Waals surface area contributed by atoms with Gasteiger partial charge in [-0.15, -0.1) is 0 Å². The van der Waals surface area contributed by atoms with Gasteiger partial charge < -0.3 is 0 Å². The monoisotopic (exact) mass is 394 g/mol. The van der Waals surface area contributed by atoms with E-state index in [1.807, 2.05) is 0 Å². The molecule has 0 saturated heterocycles. The molecule has 0 atom stereocenters. The minimum absolute atomic E-state index is 0.0771. The van der Waals surface area contributed by atoms with Gasteiger partial charge in [0.1, 0.15) is 0 Å². The summed E-state index contributed by atoms with van der Waals surface area (Å²) in [5.74, 6) is 0. The van der Waals surface area contributed by atoms with Crippen LogP contribution in [0.1, 0.15) is 25.0 Å². The molecule has 0 spiro atoms. The first-order valence-electron chi connectivity index (χ1n) is 11.0. The lowest BCUT2D eigenvalue weighted by molar-refractivity contribution is 0.652. The maximum Gasteiger partial charge on any atom is 0.0165 e. The lowest BCUT2D eigenvalue weighted by Crippen LogP contribution is -2.24. The minimum Gasteiger partial charge on any atom is -0.0616 e. The SMILES string of the molecule is CC1(C)c2c(ccc3c2ccc2ccccc23)-c2c3ccccc3cc3cccc1c23. The quantitative estimate of drug-likeness (QED) is 0.179. The molecule has 0 aliphatic heterocycles. The van der Waals surface area contributed by atoms with Crippen LogP contribution in [-0.2, 0) is 5.41 Å². The molecule has 6 aromatic carbocycles.